The highest BCUT2D eigenvalue weighted by atomic mass is 16.7. The molecular weight excluding hydrogens is 172 g/mol. The van der Waals surface area contributed by atoms with Crippen molar-refractivity contribution in [3.8, 4) is 0 Å². The van der Waals surface area contributed by atoms with Crippen molar-refractivity contribution in [3.63, 3.8) is 0 Å². The molecule has 0 aliphatic heterocycles. The maximum Gasteiger partial charge on any atom is 0.331 e. The lowest BCUT2D eigenvalue weighted by Crippen LogP contribution is -2.19. The molecule has 0 bridgehead atoms. The SMILES string of the molecule is C=C(CC(OCC)OCC)C(=O)O. The quantitative estimate of drug-likeness (QED) is 0.485. The topological polar surface area (TPSA) is 55.8 Å². The molecule has 0 aromatic rings. The van der Waals surface area contributed by atoms with Crippen LogP contribution in [0.15, 0.2) is 12.2 Å². The summed E-state index contributed by atoms with van der Waals surface area (Å²) in [6.45, 7) is 8.05. The molecule has 0 heterocycles. The molecule has 0 radical (unpaired) electrons. The van der Waals surface area contributed by atoms with Gasteiger partial charge in [0.05, 0.1) is 0 Å². The van der Waals surface area contributed by atoms with E-state index in [4.69, 9.17) is 14.6 Å². The van der Waals surface area contributed by atoms with Gasteiger partial charge in [0, 0.05) is 25.2 Å². The molecule has 13 heavy (non-hydrogen) atoms. The number of carboxylic acid groups (broad SMARTS) is 1. The van der Waals surface area contributed by atoms with E-state index in [1.807, 2.05) is 13.8 Å². The van der Waals surface area contributed by atoms with Crippen LogP contribution >= 0.6 is 0 Å². The fourth-order valence-electron chi connectivity index (χ4n) is 0.826. The van der Waals surface area contributed by atoms with Crippen LogP contribution in [-0.4, -0.2) is 30.6 Å². The van der Waals surface area contributed by atoms with Gasteiger partial charge in [0.1, 0.15) is 0 Å². The molecule has 0 rings (SSSR count). The lowest BCUT2D eigenvalue weighted by Gasteiger charge is -2.16. The Balaban J connectivity index is 3.93. The molecule has 0 saturated heterocycles. The largest absolute Gasteiger partial charge is 0.478 e. The highest BCUT2D eigenvalue weighted by molar-refractivity contribution is 5.85. The van der Waals surface area contributed by atoms with E-state index in [0.29, 0.717) is 13.2 Å². The van der Waals surface area contributed by atoms with Crippen LogP contribution in [0.5, 0.6) is 0 Å². The molecule has 4 nitrogen and oxygen atoms in total. The minimum absolute atomic E-state index is 0.104. The van der Waals surface area contributed by atoms with Crippen molar-refractivity contribution in [1.82, 2.24) is 0 Å². The molecule has 0 saturated carbocycles. The highest BCUT2D eigenvalue weighted by Crippen LogP contribution is 2.08. The van der Waals surface area contributed by atoms with Gasteiger partial charge in [-0.25, -0.2) is 4.79 Å². The van der Waals surface area contributed by atoms with Crippen molar-refractivity contribution >= 4 is 5.97 Å². The minimum Gasteiger partial charge on any atom is -0.478 e. The van der Waals surface area contributed by atoms with Gasteiger partial charge in [0.2, 0.25) is 0 Å². The summed E-state index contributed by atoms with van der Waals surface area (Å²) in [5.74, 6) is -1.01. The minimum atomic E-state index is -1.01. The fourth-order valence-corrected chi connectivity index (χ4v) is 0.826. The summed E-state index contributed by atoms with van der Waals surface area (Å²) in [6.07, 6.45) is -0.282. The number of rotatable bonds is 7. The number of hydrogen-bond donors (Lipinski definition) is 1. The second-order valence-corrected chi connectivity index (χ2v) is 2.45. The second-order valence-electron chi connectivity index (χ2n) is 2.45. The third kappa shape index (κ3) is 5.38. The van der Waals surface area contributed by atoms with E-state index in [9.17, 15) is 4.79 Å². The summed E-state index contributed by atoms with van der Waals surface area (Å²) in [7, 11) is 0. The van der Waals surface area contributed by atoms with E-state index in [0.717, 1.165) is 0 Å². The van der Waals surface area contributed by atoms with Crippen LogP contribution < -0.4 is 0 Å². The predicted molar refractivity (Wildman–Crippen MR) is 48.4 cm³/mol. The Morgan fingerprint density at radius 3 is 2.15 bits per heavy atom. The molecule has 0 spiro atoms. The maximum absolute atomic E-state index is 10.4. The first kappa shape index (κ1) is 12.1. The van der Waals surface area contributed by atoms with Crippen molar-refractivity contribution in [2.75, 3.05) is 13.2 Å². The van der Waals surface area contributed by atoms with Crippen molar-refractivity contribution in [2.24, 2.45) is 0 Å². The molecule has 0 aliphatic rings. The molecular formula is C9H16O4. The van der Waals surface area contributed by atoms with Crippen molar-refractivity contribution in [1.29, 1.82) is 0 Å². The normalized spacial score (nSPS) is 10.4. The van der Waals surface area contributed by atoms with E-state index >= 15 is 0 Å². The first-order valence-electron chi connectivity index (χ1n) is 4.26. The Morgan fingerprint density at radius 2 is 1.85 bits per heavy atom. The molecule has 0 fully saturated rings. The lowest BCUT2D eigenvalue weighted by molar-refractivity contribution is -0.143. The summed E-state index contributed by atoms with van der Waals surface area (Å²) in [5, 5.41) is 8.56. The Kier molecular flexibility index (Phi) is 6.18. The summed E-state index contributed by atoms with van der Waals surface area (Å²) in [4.78, 5) is 10.4. The summed E-state index contributed by atoms with van der Waals surface area (Å²) in [6, 6.07) is 0. The average molecular weight is 188 g/mol. The Hall–Kier alpha value is -0.870. The summed E-state index contributed by atoms with van der Waals surface area (Å²) in [5.41, 5.74) is 0.104. The smallest absolute Gasteiger partial charge is 0.331 e. The van der Waals surface area contributed by atoms with Gasteiger partial charge < -0.3 is 14.6 Å². The van der Waals surface area contributed by atoms with E-state index < -0.39 is 12.3 Å². The van der Waals surface area contributed by atoms with Crippen LogP contribution in [0.4, 0.5) is 0 Å². The van der Waals surface area contributed by atoms with E-state index in [2.05, 4.69) is 6.58 Å². The van der Waals surface area contributed by atoms with Gasteiger partial charge in [-0.15, -0.1) is 0 Å². The molecule has 0 aromatic carbocycles. The monoisotopic (exact) mass is 188 g/mol. The van der Waals surface area contributed by atoms with Crippen LogP contribution in [0.2, 0.25) is 0 Å². The van der Waals surface area contributed by atoms with Gasteiger partial charge in [0.15, 0.2) is 6.29 Å². The Bertz CT molecular complexity index is 170. The molecule has 4 heteroatoms. The Morgan fingerprint density at radius 1 is 1.38 bits per heavy atom. The van der Waals surface area contributed by atoms with Crippen molar-refractivity contribution in [3.05, 3.63) is 12.2 Å². The van der Waals surface area contributed by atoms with E-state index in [1.54, 1.807) is 0 Å². The van der Waals surface area contributed by atoms with Crippen LogP contribution in [0.25, 0.3) is 0 Å². The van der Waals surface area contributed by atoms with Gasteiger partial charge in [-0.3, -0.25) is 0 Å². The van der Waals surface area contributed by atoms with Gasteiger partial charge in [0.25, 0.3) is 0 Å². The zero-order chi connectivity index (χ0) is 10.3. The zero-order valence-corrected chi connectivity index (χ0v) is 8.08. The van der Waals surface area contributed by atoms with Crippen molar-refractivity contribution < 1.29 is 19.4 Å². The lowest BCUT2D eigenvalue weighted by atomic mass is 10.2. The molecule has 1 N–H and O–H groups in total. The average Bonchev–Trinajstić information content (AvgIpc) is 2.05. The first-order valence-corrected chi connectivity index (χ1v) is 4.26. The van der Waals surface area contributed by atoms with Crippen LogP contribution in [0, 0.1) is 0 Å². The van der Waals surface area contributed by atoms with Crippen LogP contribution in [0.1, 0.15) is 20.3 Å². The van der Waals surface area contributed by atoms with Crippen LogP contribution in [-0.2, 0) is 14.3 Å². The number of hydrogen-bond acceptors (Lipinski definition) is 3. The predicted octanol–water partition coefficient (Wildman–Crippen LogP) is 1.42. The summed E-state index contributed by atoms with van der Waals surface area (Å²) < 4.78 is 10.3. The number of carboxylic acids is 1. The maximum atomic E-state index is 10.4. The first-order chi connectivity index (χ1) is 6.11. The molecule has 76 valence electrons. The number of ether oxygens (including phenoxy) is 2. The third-order valence-electron chi connectivity index (χ3n) is 1.42. The number of aliphatic carboxylic acids is 1. The standard InChI is InChI=1S/C9H16O4/c1-4-12-8(13-5-2)6-7(3)9(10)11/h8H,3-6H2,1-2H3,(H,10,11). The van der Waals surface area contributed by atoms with Gasteiger partial charge in [-0.05, 0) is 13.8 Å². The van der Waals surface area contributed by atoms with E-state index in [-0.39, 0.29) is 12.0 Å². The summed E-state index contributed by atoms with van der Waals surface area (Å²) >= 11 is 0. The van der Waals surface area contributed by atoms with E-state index in [1.165, 1.54) is 0 Å². The molecule has 0 aromatic heterocycles. The highest BCUT2D eigenvalue weighted by Gasteiger charge is 2.13. The molecule has 0 unspecified atom stereocenters. The third-order valence-corrected chi connectivity index (χ3v) is 1.42. The fraction of sp³-hybridized carbons (Fsp3) is 0.667. The molecule has 0 aliphatic carbocycles. The Labute approximate surface area is 78.2 Å². The molecule has 0 atom stereocenters. The van der Waals surface area contributed by atoms with Crippen molar-refractivity contribution in [2.45, 2.75) is 26.6 Å². The zero-order valence-electron chi connectivity index (χ0n) is 8.08. The molecule has 0 amide bonds. The number of carbonyl (C=O) groups is 1. The second kappa shape index (κ2) is 6.62. The van der Waals surface area contributed by atoms with Crippen LogP contribution in [0.3, 0.4) is 0 Å². The van der Waals surface area contributed by atoms with Gasteiger partial charge in [-0.1, -0.05) is 6.58 Å². The van der Waals surface area contributed by atoms with Gasteiger partial charge in [-0.2, -0.15) is 0 Å². The van der Waals surface area contributed by atoms with Gasteiger partial charge >= 0.3 is 5.97 Å².